The molecule has 0 saturated heterocycles. The molecule has 0 bridgehead atoms. The van der Waals surface area contributed by atoms with Gasteiger partial charge >= 0.3 is 5.69 Å². The Morgan fingerprint density at radius 2 is 1.71 bits per heavy atom. The average molecular weight is 303 g/mol. The summed E-state index contributed by atoms with van der Waals surface area (Å²) < 4.78 is 2.32. The minimum Gasteiger partial charge on any atom is -0.279 e. The van der Waals surface area contributed by atoms with Crippen molar-refractivity contribution in [2.75, 3.05) is 0 Å². The van der Waals surface area contributed by atoms with E-state index < -0.39 is 11.2 Å². The van der Waals surface area contributed by atoms with Gasteiger partial charge in [-0.25, -0.2) is 14.8 Å². The highest BCUT2D eigenvalue weighted by Gasteiger charge is 2.12. The predicted octanol–water partition coefficient (Wildman–Crippen LogP) is 1.35. The first-order chi connectivity index (χ1) is 9.99. The molecule has 0 N–H and O–H groups in total. The molecule has 0 aliphatic rings. The molecule has 3 aromatic rings. The predicted molar refractivity (Wildman–Crippen MR) is 80.5 cm³/mol. The maximum absolute atomic E-state index is 12.0. The second-order valence-corrected chi connectivity index (χ2v) is 5.08. The highest BCUT2D eigenvalue weighted by molar-refractivity contribution is 6.30. The zero-order chi connectivity index (χ0) is 15.1. The Labute approximate surface area is 124 Å². The lowest BCUT2D eigenvalue weighted by molar-refractivity contribution is 0.704. The third kappa shape index (κ3) is 2.13. The van der Waals surface area contributed by atoms with Gasteiger partial charge in [0.2, 0.25) is 0 Å². The normalized spacial score (nSPS) is 11.0. The smallest absolute Gasteiger partial charge is 0.279 e. The molecule has 0 saturated carbocycles. The maximum atomic E-state index is 12.0. The number of nitrogens with zero attached hydrogens (tertiary/aromatic N) is 4. The third-order valence-corrected chi connectivity index (χ3v) is 3.54. The van der Waals surface area contributed by atoms with Gasteiger partial charge in [0.05, 0.1) is 11.9 Å². The first-order valence-electron chi connectivity index (χ1n) is 6.18. The lowest BCUT2D eigenvalue weighted by Gasteiger charge is -2.07. The van der Waals surface area contributed by atoms with Crippen molar-refractivity contribution in [2.24, 2.45) is 14.1 Å². The van der Waals surface area contributed by atoms with Crippen molar-refractivity contribution in [1.29, 1.82) is 0 Å². The molecular formula is C14H11ClN4O2. The Kier molecular flexibility index (Phi) is 3.10. The number of rotatable bonds is 1. The van der Waals surface area contributed by atoms with Gasteiger partial charge in [-0.3, -0.25) is 13.9 Å². The maximum Gasteiger partial charge on any atom is 0.332 e. The molecule has 7 heteroatoms. The van der Waals surface area contributed by atoms with Crippen molar-refractivity contribution >= 4 is 22.8 Å². The number of fused-ring (bicyclic) bond motifs is 1. The minimum absolute atomic E-state index is 0.164. The van der Waals surface area contributed by atoms with E-state index in [2.05, 4.69) is 9.97 Å². The van der Waals surface area contributed by atoms with Crippen LogP contribution in [-0.4, -0.2) is 19.1 Å². The highest BCUT2D eigenvalue weighted by atomic mass is 35.5. The Morgan fingerprint density at radius 3 is 2.38 bits per heavy atom. The largest absolute Gasteiger partial charge is 0.332 e. The number of aryl methyl sites for hydroxylation is 1. The van der Waals surface area contributed by atoms with Gasteiger partial charge in [0.1, 0.15) is 0 Å². The number of benzene rings is 1. The molecule has 1 aromatic carbocycles. The second kappa shape index (κ2) is 4.82. The number of halogens is 1. The fourth-order valence-electron chi connectivity index (χ4n) is 2.09. The summed E-state index contributed by atoms with van der Waals surface area (Å²) in [4.78, 5) is 32.5. The Balaban J connectivity index is 2.33. The zero-order valence-electron chi connectivity index (χ0n) is 11.4. The van der Waals surface area contributed by atoms with Crippen LogP contribution in [0.2, 0.25) is 5.02 Å². The van der Waals surface area contributed by atoms with E-state index in [0.717, 1.165) is 10.1 Å². The monoisotopic (exact) mass is 302 g/mol. The van der Waals surface area contributed by atoms with Gasteiger partial charge in [-0.1, -0.05) is 23.7 Å². The van der Waals surface area contributed by atoms with E-state index in [4.69, 9.17) is 11.6 Å². The summed E-state index contributed by atoms with van der Waals surface area (Å²) in [6, 6.07) is 7.09. The van der Waals surface area contributed by atoms with Crippen LogP contribution in [0.1, 0.15) is 0 Å². The quantitative estimate of drug-likeness (QED) is 0.680. The van der Waals surface area contributed by atoms with E-state index in [1.165, 1.54) is 17.8 Å². The molecule has 0 radical (unpaired) electrons. The van der Waals surface area contributed by atoms with E-state index in [1.807, 2.05) is 0 Å². The van der Waals surface area contributed by atoms with Crippen LogP contribution in [0.5, 0.6) is 0 Å². The summed E-state index contributed by atoms with van der Waals surface area (Å²) in [6.07, 6.45) is 1.51. The molecule has 0 atom stereocenters. The van der Waals surface area contributed by atoms with Gasteiger partial charge in [-0.15, -0.1) is 0 Å². The van der Waals surface area contributed by atoms with Gasteiger partial charge in [0, 0.05) is 24.7 Å². The Hall–Kier alpha value is -2.47. The molecule has 0 aliphatic heterocycles. The number of hydrogen-bond donors (Lipinski definition) is 0. The lowest BCUT2D eigenvalue weighted by atomic mass is 10.2. The Morgan fingerprint density at radius 1 is 1.05 bits per heavy atom. The molecule has 21 heavy (non-hydrogen) atoms. The molecule has 2 aromatic heterocycles. The van der Waals surface area contributed by atoms with Crippen LogP contribution in [0.4, 0.5) is 0 Å². The van der Waals surface area contributed by atoms with Crippen molar-refractivity contribution in [3.05, 3.63) is 56.3 Å². The van der Waals surface area contributed by atoms with Crippen molar-refractivity contribution < 1.29 is 0 Å². The summed E-state index contributed by atoms with van der Waals surface area (Å²) >= 11 is 5.85. The number of aromatic nitrogens is 4. The van der Waals surface area contributed by atoms with Gasteiger partial charge in [0.25, 0.3) is 5.56 Å². The van der Waals surface area contributed by atoms with Gasteiger partial charge in [0.15, 0.2) is 11.2 Å². The molecule has 0 aliphatic carbocycles. The summed E-state index contributed by atoms with van der Waals surface area (Å²) in [5.74, 6) is 0. The fourth-order valence-corrected chi connectivity index (χ4v) is 2.21. The van der Waals surface area contributed by atoms with Crippen LogP contribution in [-0.2, 0) is 14.1 Å². The van der Waals surface area contributed by atoms with E-state index >= 15 is 0 Å². The summed E-state index contributed by atoms with van der Waals surface area (Å²) in [5, 5.41) is 0.619. The van der Waals surface area contributed by atoms with Crippen LogP contribution in [0.3, 0.4) is 0 Å². The van der Waals surface area contributed by atoms with Crippen LogP contribution >= 0.6 is 11.6 Å². The highest BCUT2D eigenvalue weighted by Crippen LogP contribution is 2.19. The molecule has 0 amide bonds. The number of hydrogen-bond acceptors (Lipinski definition) is 4. The van der Waals surface area contributed by atoms with Crippen LogP contribution in [0.25, 0.3) is 22.4 Å². The van der Waals surface area contributed by atoms with Gasteiger partial charge in [-0.05, 0) is 12.1 Å². The first-order valence-corrected chi connectivity index (χ1v) is 6.55. The van der Waals surface area contributed by atoms with E-state index in [1.54, 1.807) is 31.3 Å². The molecule has 0 fully saturated rings. The van der Waals surface area contributed by atoms with E-state index in [9.17, 15) is 9.59 Å². The summed E-state index contributed by atoms with van der Waals surface area (Å²) in [7, 11) is 2.98. The van der Waals surface area contributed by atoms with Crippen molar-refractivity contribution in [3.8, 4) is 11.3 Å². The molecule has 0 unspecified atom stereocenters. The van der Waals surface area contributed by atoms with Crippen LogP contribution < -0.4 is 11.2 Å². The van der Waals surface area contributed by atoms with Crippen molar-refractivity contribution in [1.82, 2.24) is 19.1 Å². The van der Waals surface area contributed by atoms with Crippen molar-refractivity contribution in [2.45, 2.75) is 0 Å². The topological polar surface area (TPSA) is 69.8 Å². The van der Waals surface area contributed by atoms with E-state index in [0.29, 0.717) is 10.7 Å². The molecular weight excluding hydrogens is 292 g/mol. The first kappa shape index (κ1) is 13.5. The van der Waals surface area contributed by atoms with Gasteiger partial charge < -0.3 is 0 Å². The molecule has 3 rings (SSSR count). The molecule has 0 spiro atoms. The van der Waals surface area contributed by atoms with Crippen LogP contribution in [0.15, 0.2) is 40.1 Å². The lowest BCUT2D eigenvalue weighted by Crippen LogP contribution is -2.37. The minimum atomic E-state index is -0.455. The standard InChI is InChI=1S/C14H11ClN4O2/c1-18-12-11(13(20)19(2)14(18)21)16-7-10(17-12)8-3-5-9(15)6-4-8/h3-7H,1-2H3. The zero-order valence-corrected chi connectivity index (χ0v) is 12.1. The van der Waals surface area contributed by atoms with Crippen molar-refractivity contribution in [3.63, 3.8) is 0 Å². The fraction of sp³-hybridized carbons (Fsp3) is 0.143. The third-order valence-electron chi connectivity index (χ3n) is 3.29. The summed E-state index contributed by atoms with van der Waals surface area (Å²) in [5.41, 5.74) is 0.913. The Bertz CT molecular complexity index is 958. The molecule has 106 valence electrons. The molecule has 2 heterocycles. The summed E-state index contributed by atoms with van der Waals surface area (Å²) in [6.45, 7) is 0. The second-order valence-electron chi connectivity index (χ2n) is 4.64. The van der Waals surface area contributed by atoms with E-state index in [-0.39, 0.29) is 11.2 Å². The average Bonchev–Trinajstić information content (AvgIpc) is 2.51. The SMILES string of the molecule is Cn1c(=O)c2ncc(-c3ccc(Cl)cc3)nc2n(C)c1=O. The van der Waals surface area contributed by atoms with Gasteiger partial charge in [-0.2, -0.15) is 0 Å². The molecule has 6 nitrogen and oxygen atoms in total. The van der Waals surface area contributed by atoms with Crippen LogP contribution in [0, 0.1) is 0 Å².